The van der Waals surface area contributed by atoms with Crippen LogP contribution in [-0.2, 0) is 17.6 Å². The lowest BCUT2D eigenvalue weighted by atomic mass is 9.93. The van der Waals surface area contributed by atoms with Gasteiger partial charge in [-0.25, -0.2) is 0 Å². The van der Waals surface area contributed by atoms with E-state index in [0.29, 0.717) is 17.9 Å². The lowest BCUT2D eigenvalue weighted by Gasteiger charge is -2.12. The maximum atomic E-state index is 11.4. The summed E-state index contributed by atoms with van der Waals surface area (Å²) in [6.07, 6.45) is 1.96. The van der Waals surface area contributed by atoms with E-state index in [2.05, 4.69) is 0 Å². The summed E-state index contributed by atoms with van der Waals surface area (Å²) < 4.78 is 0. The lowest BCUT2D eigenvalue weighted by molar-refractivity contribution is -0.141. The Hall–Kier alpha value is -1.80. The molecule has 0 saturated carbocycles. The van der Waals surface area contributed by atoms with Gasteiger partial charge in [-0.15, -0.1) is 0 Å². The summed E-state index contributed by atoms with van der Waals surface area (Å²) in [7, 11) is 0. The molecule has 0 aliphatic carbocycles. The van der Waals surface area contributed by atoms with E-state index in [-0.39, 0.29) is 5.92 Å². The van der Waals surface area contributed by atoms with Gasteiger partial charge in [0.05, 0.1) is 5.92 Å². The van der Waals surface area contributed by atoms with Crippen molar-refractivity contribution in [2.75, 3.05) is 0 Å². The molecule has 1 atom stereocenters. The van der Waals surface area contributed by atoms with Crippen LogP contribution in [0.2, 0.25) is 5.02 Å². The zero-order valence-corrected chi connectivity index (χ0v) is 11.9. The van der Waals surface area contributed by atoms with E-state index >= 15 is 0 Å². The SMILES string of the molecule is O=C(O)C(CCc1ccccc1)Cc1ccc(Cl)cc1. The molecule has 1 unspecified atom stereocenters. The zero-order chi connectivity index (χ0) is 14.4. The topological polar surface area (TPSA) is 37.3 Å². The summed E-state index contributed by atoms with van der Waals surface area (Å²) in [6, 6.07) is 17.4. The minimum Gasteiger partial charge on any atom is -0.481 e. The van der Waals surface area contributed by atoms with Crippen LogP contribution < -0.4 is 0 Å². The van der Waals surface area contributed by atoms with Crippen molar-refractivity contribution >= 4 is 17.6 Å². The third-order valence-electron chi connectivity index (χ3n) is 3.37. The zero-order valence-electron chi connectivity index (χ0n) is 11.1. The molecule has 0 fully saturated rings. The highest BCUT2D eigenvalue weighted by atomic mass is 35.5. The normalized spacial score (nSPS) is 12.1. The van der Waals surface area contributed by atoms with Gasteiger partial charge in [0.1, 0.15) is 0 Å². The summed E-state index contributed by atoms with van der Waals surface area (Å²) in [6.45, 7) is 0. The molecule has 0 heterocycles. The van der Waals surface area contributed by atoms with Gasteiger partial charge in [0.25, 0.3) is 0 Å². The van der Waals surface area contributed by atoms with Crippen molar-refractivity contribution in [3.63, 3.8) is 0 Å². The number of aryl methyl sites for hydroxylation is 1. The standard InChI is InChI=1S/C17H17ClO2/c18-16-10-7-14(8-11-16)12-15(17(19)20)9-6-13-4-2-1-3-5-13/h1-5,7-8,10-11,15H,6,9,12H2,(H,19,20). The average Bonchev–Trinajstić information content (AvgIpc) is 2.46. The van der Waals surface area contributed by atoms with Gasteiger partial charge in [-0.1, -0.05) is 54.1 Å². The molecule has 2 rings (SSSR count). The quantitative estimate of drug-likeness (QED) is 0.864. The van der Waals surface area contributed by atoms with Gasteiger partial charge in [-0.2, -0.15) is 0 Å². The van der Waals surface area contributed by atoms with E-state index in [1.807, 2.05) is 42.5 Å². The van der Waals surface area contributed by atoms with Gasteiger partial charge >= 0.3 is 5.97 Å². The maximum Gasteiger partial charge on any atom is 0.306 e. The van der Waals surface area contributed by atoms with Crippen LogP contribution in [0, 0.1) is 5.92 Å². The molecule has 0 bridgehead atoms. The van der Waals surface area contributed by atoms with Crippen molar-refractivity contribution in [2.24, 2.45) is 5.92 Å². The molecule has 2 nitrogen and oxygen atoms in total. The number of carbonyl (C=O) groups is 1. The molecule has 0 saturated heterocycles. The Morgan fingerprint density at radius 2 is 1.65 bits per heavy atom. The van der Waals surface area contributed by atoms with Crippen LogP contribution in [0.4, 0.5) is 0 Å². The fraction of sp³-hybridized carbons (Fsp3) is 0.235. The minimum absolute atomic E-state index is 0.364. The van der Waals surface area contributed by atoms with E-state index in [9.17, 15) is 9.90 Å². The predicted molar refractivity (Wildman–Crippen MR) is 81.0 cm³/mol. The first-order chi connectivity index (χ1) is 9.65. The first-order valence-electron chi connectivity index (χ1n) is 6.66. The van der Waals surface area contributed by atoms with Gasteiger partial charge in [-0.3, -0.25) is 4.79 Å². The van der Waals surface area contributed by atoms with E-state index in [0.717, 1.165) is 12.0 Å². The Morgan fingerprint density at radius 1 is 1.00 bits per heavy atom. The minimum atomic E-state index is -0.740. The molecule has 0 spiro atoms. The van der Waals surface area contributed by atoms with Crippen LogP contribution in [0.5, 0.6) is 0 Å². The van der Waals surface area contributed by atoms with E-state index < -0.39 is 5.97 Å². The second kappa shape index (κ2) is 7.11. The monoisotopic (exact) mass is 288 g/mol. The van der Waals surface area contributed by atoms with Crippen LogP contribution in [0.1, 0.15) is 17.5 Å². The van der Waals surface area contributed by atoms with Crippen LogP contribution >= 0.6 is 11.6 Å². The van der Waals surface area contributed by atoms with Gasteiger partial charge < -0.3 is 5.11 Å². The largest absolute Gasteiger partial charge is 0.481 e. The summed E-state index contributed by atoms with van der Waals surface area (Å²) in [5, 5.41) is 10.0. The molecule has 0 aromatic heterocycles. The molecule has 2 aromatic carbocycles. The van der Waals surface area contributed by atoms with Gasteiger partial charge in [0.15, 0.2) is 0 Å². The van der Waals surface area contributed by atoms with Crippen molar-refractivity contribution in [3.8, 4) is 0 Å². The van der Waals surface area contributed by atoms with Crippen LogP contribution in [0.15, 0.2) is 54.6 Å². The Morgan fingerprint density at radius 3 is 2.25 bits per heavy atom. The fourth-order valence-electron chi connectivity index (χ4n) is 2.20. The molecule has 20 heavy (non-hydrogen) atoms. The molecule has 0 amide bonds. The lowest BCUT2D eigenvalue weighted by Crippen LogP contribution is -2.17. The second-order valence-electron chi connectivity index (χ2n) is 4.89. The summed E-state index contributed by atoms with van der Waals surface area (Å²) in [4.78, 5) is 11.4. The molecule has 104 valence electrons. The number of rotatable bonds is 6. The van der Waals surface area contributed by atoms with E-state index in [1.54, 1.807) is 12.1 Å². The van der Waals surface area contributed by atoms with Gasteiger partial charge in [0, 0.05) is 5.02 Å². The number of carboxylic acids is 1. The molecule has 0 aliphatic rings. The summed E-state index contributed by atoms with van der Waals surface area (Å²) >= 11 is 5.84. The number of benzene rings is 2. The number of hydrogen-bond acceptors (Lipinski definition) is 1. The third-order valence-corrected chi connectivity index (χ3v) is 3.62. The molecular weight excluding hydrogens is 272 g/mol. The Labute approximate surface area is 124 Å². The van der Waals surface area contributed by atoms with Crippen molar-refractivity contribution in [1.82, 2.24) is 0 Å². The number of aliphatic carboxylic acids is 1. The molecule has 3 heteroatoms. The highest BCUT2D eigenvalue weighted by Crippen LogP contribution is 2.18. The molecule has 2 aromatic rings. The van der Waals surface area contributed by atoms with Crippen molar-refractivity contribution in [1.29, 1.82) is 0 Å². The first kappa shape index (κ1) is 14.6. The molecule has 0 radical (unpaired) electrons. The third kappa shape index (κ3) is 4.39. The Balaban J connectivity index is 1.97. The summed E-state index contributed by atoms with van der Waals surface area (Å²) in [5.41, 5.74) is 2.18. The van der Waals surface area contributed by atoms with Crippen LogP contribution in [-0.4, -0.2) is 11.1 Å². The van der Waals surface area contributed by atoms with Crippen molar-refractivity contribution in [3.05, 3.63) is 70.7 Å². The van der Waals surface area contributed by atoms with Crippen LogP contribution in [0.3, 0.4) is 0 Å². The second-order valence-corrected chi connectivity index (χ2v) is 5.33. The number of hydrogen-bond donors (Lipinski definition) is 1. The highest BCUT2D eigenvalue weighted by Gasteiger charge is 2.17. The van der Waals surface area contributed by atoms with Gasteiger partial charge in [0.2, 0.25) is 0 Å². The smallest absolute Gasteiger partial charge is 0.306 e. The maximum absolute atomic E-state index is 11.4. The van der Waals surface area contributed by atoms with Crippen molar-refractivity contribution < 1.29 is 9.90 Å². The molecule has 1 N–H and O–H groups in total. The highest BCUT2D eigenvalue weighted by molar-refractivity contribution is 6.30. The first-order valence-corrected chi connectivity index (χ1v) is 7.04. The molecule has 0 aliphatic heterocycles. The van der Waals surface area contributed by atoms with Crippen molar-refractivity contribution in [2.45, 2.75) is 19.3 Å². The molecular formula is C17H17ClO2. The summed E-state index contributed by atoms with van der Waals surface area (Å²) in [5.74, 6) is -1.10. The predicted octanol–water partition coefficient (Wildman–Crippen LogP) is 4.22. The van der Waals surface area contributed by atoms with E-state index in [4.69, 9.17) is 11.6 Å². The van der Waals surface area contributed by atoms with E-state index in [1.165, 1.54) is 5.56 Å². The Bertz CT molecular complexity index is 549. The van der Waals surface area contributed by atoms with Crippen LogP contribution in [0.25, 0.3) is 0 Å². The number of carboxylic acid groups (broad SMARTS) is 1. The Kier molecular flexibility index (Phi) is 5.19. The fourth-order valence-corrected chi connectivity index (χ4v) is 2.33. The number of halogens is 1. The van der Waals surface area contributed by atoms with Gasteiger partial charge in [-0.05, 0) is 42.5 Å². The average molecular weight is 289 g/mol.